The monoisotopic (exact) mass is 279 g/mol. The number of hydrogen-bond donors (Lipinski definition) is 1. The molecule has 2 heterocycles. The fraction of sp³-hybridized carbons (Fsp3) is 0.571. The standard InChI is InChI=1S/C14H22N4O2/c1-14(2,3)20-13(19)18-8-4-7-17(10-18)12-5-6-16-9-11(12)15/h5-6,9H,4,7-8,10,15H2,1-3H3/p+1. The van der Waals surface area contributed by atoms with Gasteiger partial charge < -0.3 is 15.4 Å². The van der Waals surface area contributed by atoms with Crippen LogP contribution < -0.4 is 15.6 Å². The number of nitrogens with zero attached hydrogens (tertiary/aromatic N) is 2. The first-order valence-electron chi connectivity index (χ1n) is 6.85. The van der Waals surface area contributed by atoms with Crippen LogP contribution in [0.1, 0.15) is 27.2 Å². The van der Waals surface area contributed by atoms with Crippen LogP contribution in [0.2, 0.25) is 0 Å². The number of rotatable bonds is 1. The number of nitrogens with one attached hydrogen (secondary N) is 1. The molecule has 0 atom stereocenters. The molecule has 6 nitrogen and oxygen atoms in total. The van der Waals surface area contributed by atoms with Gasteiger partial charge in [-0.2, -0.15) is 0 Å². The van der Waals surface area contributed by atoms with Crippen LogP contribution in [0.3, 0.4) is 0 Å². The number of aromatic amines is 1. The molecule has 2 rings (SSSR count). The summed E-state index contributed by atoms with van der Waals surface area (Å²) in [6.45, 7) is 7.72. The zero-order chi connectivity index (χ0) is 14.8. The van der Waals surface area contributed by atoms with Crippen LogP contribution in [-0.4, -0.2) is 36.4 Å². The molecule has 1 saturated heterocycles. The van der Waals surface area contributed by atoms with Crippen LogP contribution in [-0.2, 0) is 4.74 Å². The number of ether oxygens (including phenoxy) is 1. The minimum absolute atomic E-state index is 0.275. The molecule has 1 amide bonds. The Bertz CT molecular complexity index is 484. The van der Waals surface area contributed by atoms with E-state index in [2.05, 4.69) is 9.88 Å². The molecule has 3 N–H and O–H groups in total. The molecule has 110 valence electrons. The summed E-state index contributed by atoms with van der Waals surface area (Å²) in [7, 11) is 0. The average molecular weight is 279 g/mol. The van der Waals surface area contributed by atoms with E-state index in [4.69, 9.17) is 10.5 Å². The molecule has 6 heteroatoms. The van der Waals surface area contributed by atoms with Crippen LogP contribution in [0, 0.1) is 0 Å². The Labute approximate surface area is 119 Å². The molecule has 0 aromatic carbocycles. The normalized spacial score (nSPS) is 16.1. The van der Waals surface area contributed by atoms with Gasteiger partial charge in [0.15, 0.2) is 12.4 Å². The number of nitrogen functional groups attached to an aromatic ring is 1. The van der Waals surface area contributed by atoms with Gasteiger partial charge in [0.2, 0.25) is 0 Å². The zero-order valence-electron chi connectivity index (χ0n) is 12.3. The van der Waals surface area contributed by atoms with Crippen LogP contribution in [0.4, 0.5) is 16.2 Å². The van der Waals surface area contributed by atoms with Gasteiger partial charge in [0.05, 0.1) is 12.4 Å². The molecule has 20 heavy (non-hydrogen) atoms. The molecule has 1 aliphatic heterocycles. The zero-order valence-corrected chi connectivity index (χ0v) is 12.3. The highest BCUT2D eigenvalue weighted by atomic mass is 16.6. The molecule has 1 aromatic heterocycles. The lowest BCUT2D eigenvalue weighted by Gasteiger charge is -2.37. The molecule has 0 spiro atoms. The number of amides is 1. The lowest BCUT2D eigenvalue weighted by molar-refractivity contribution is -0.376. The Morgan fingerprint density at radius 3 is 2.80 bits per heavy atom. The van der Waals surface area contributed by atoms with Crippen LogP contribution in [0.25, 0.3) is 0 Å². The maximum Gasteiger partial charge on any atom is 0.411 e. The first kappa shape index (κ1) is 14.4. The summed E-state index contributed by atoms with van der Waals surface area (Å²) in [5, 5.41) is 0. The smallest absolute Gasteiger partial charge is 0.411 e. The van der Waals surface area contributed by atoms with Crippen molar-refractivity contribution in [3.8, 4) is 0 Å². The molecule has 1 aliphatic rings. The lowest BCUT2D eigenvalue weighted by Crippen LogP contribution is -2.49. The van der Waals surface area contributed by atoms with Crippen LogP contribution >= 0.6 is 0 Å². The van der Waals surface area contributed by atoms with Crippen molar-refractivity contribution in [2.45, 2.75) is 32.8 Å². The summed E-state index contributed by atoms with van der Waals surface area (Å²) in [6.07, 6.45) is 4.21. The van der Waals surface area contributed by atoms with Gasteiger partial charge in [0, 0.05) is 19.2 Å². The molecule has 1 fully saturated rings. The molecule has 0 aliphatic carbocycles. The number of hydrogen-bond acceptors (Lipinski definition) is 4. The Morgan fingerprint density at radius 2 is 2.15 bits per heavy atom. The predicted molar refractivity (Wildman–Crippen MR) is 77.2 cm³/mol. The third-order valence-electron chi connectivity index (χ3n) is 3.06. The number of pyridine rings is 1. The van der Waals surface area contributed by atoms with E-state index in [1.165, 1.54) is 0 Å². The lowest BCUT2D eigenvalue weighted by atomic mass is 10.2. The fourth-order valence-electron chi connectivity index (χ4n) is 2.20. The Hall–Kier alpha value is -1.98. The molecule has 0 unspecified atom stereocenters. The summed E-state index contributed by atoms with van der Waals surface area (Å²) in [5.41, 5.74) is 7.12. The number of carbonyl (C=O) groups is 1. The highest BCUT2D eigenvalue weighted by molar-refractivity contribution is 5.70. The van der Waals surface area contributed by atoms with E-state index in [1.54, 1.807) is 11.1 Å². The SMILES string of the molecule is CC(C)(C)OC(=O)N1CCCN(c2cc[nH+]cc2N)C1. The highest BCUT2D eigenvalue weighted by Crippen LogP contribution is 2.23. The maximum atomic E-state index is 12.1. The number of H-pyrrole nitrogens is 1. The molecular weight excluding hydrogens is 256 g/mol. The van der Waals surface area contributed by atoms with Gasteiger partial charge in [-0.25, -0.2) is 9.78 Å². The number of anilines is 2. The topological polar surface area (TPSA) is 72.9 Å². The summed E-state index contributed by atoms with van der Waals surface area (Å²) < 4.78 is 5.41. The summed E-state index contributed by atoms with van der Waals surface area (Å²) >= 11 is 0. The van der Waals surface area contributed by atoms with Crippen molar-refractivity contribution in [1.29, 1.82) is 0 Å². The van der Waals surface area contributed by atoms with E-state index in [1.807, 2.05) is 33.0 Å². The van der Waals surface area contributed by atoms with E-state index in [0.29, 0.717) is 18.9 Å². The van der Waals surface area contributed by atoms with Crippen molar-refractivity contribution in [3.63, 3.8) is 0 Å². The largest absolute Gasteiger partial charge is 0.444 e. The van der Waals surface area contributed by atoms with Gasteiger partial charge in [-0.3, -0.25) is 4.90 Å². The van der Waals surface area contributed by atoms with Gasteiger partial charge in [-0.05, 0) is 27.2 Å². The molecular formula is C14H23N4O2+. The number of nitrogens with two attached hydrogens (primary N) is 1. The first-order chi connectivity index (χ1) is 9.37. The Morgan fingerprint density at radius 1 is 1.40 bits per heavy atom. The fourth-order valence-corrected chi connectivity index (χ4v) is 2.20. The minimum atomic E-state index is -0.472. The van der Waals surface area contributed by atoms with Gasteiger partial charge >= 0.3 is 6.09 Å². The van der Waals surface area contributed by atoms with Crippen LogP contribution in [0.5, 0.6) is 0 Å². The maximum absolute atomic E-state index is 12.1. The minimum Gasteiger partial charge on any atom is -0.444 e. The van der Waals surface area contributed by atoms with Gasteiger partial charge in [-0.15, -0.1) is 0 Å². The predicted octanol–water partition coefficient (Wildman–Crippen LogP) is 1.49. The second-order valence-electron chi connectivity index (χ2n) is 5.99. The van der Waals surface area contributed by atoms with E-state index in [-0.39, 0.29) is 6.09 Å². The molecule has 0 saturated carbocycles. The van der Waals surface area contributed by atoms with E-state index in [0.717, 1.165) is 18.7 Å². The van der Waals surface area contributed by atoms with E-state index >= 15 is 0 Å². The third-order valence-corrected chi connectivity index (χ3v) is 3.06. The second kappa shape index (κ2) is 5.56. The second-order valence-corrected chi connectivity index (χ2v) is 5.99. The van der Waals surface area contributed by atoms with E-state index < -0.39 is 5.60 Å². The highest BCUT2D eigenvalue weighted by Gasteiger charge is 2.27. The first-order valence-corrected chi connectivity index (χ1v) is 6.85. The summed E-state index contributed by atoms with van der Waals surface area (Å²) in [4.78, 5) is 18.9. The number of carbonyl (C=O) groups excluding carboxylic acids is 1. The quantitative estimate of drug-likeness (QED) is 0.845. The molecule has 0 bridgehead atoms. The molecule has 0 radical (unpaired) electrons. The van der Waals surface area contributed by atoms with Crippen molar-refractivity contribution in [2.24, 2.45) is 0 Å². The van der Waals surface area contributed by atoms with Crippen LogP contribution in [0.15, 0.2) is 18.5 Å². The van der Waals surface area contributed by atoms with Crippen molar-refractivity contribution in [3.05, 3.63) is 18.5 Å². The van der Waals surface area contributed by atoms with E-state index in [9.17, 15) is 4.79 Å². The van der Waals surface area contributed by atoms with Gasteiger partial charge in [-0.1, -0.05) is 0 Å². The van der Waals surface area contributed by atoms with Crippen molar-refractivity contribution in [2.75, 3.05) is 30.4 Å². The van der Waals surface area contributed by atoms with Crippen molar-refractivity contribution >= 4 is 17.5 Å². The average Bonchev–Trinajstić information content (AvgIpc) is 2.37. The summed E-state index contributed by atoms with van der Waals surface area (Å²) in [6, 6.07) is 1.92. The number of aromatic nitrogens is 1. The Balaban J connectivity index is 2.06. The van der Waals surface area contributed by atoms with Gasteiger partial charge in [0.1, 0.15) is 11.3 Å². The van der Waals surface area contributed by atoms with Crippen molar-refractivity contribution < 1.29 is 14.5 Å². The third kappa shape index (κ3) is 3.53. The molecule has 1 aromatic rings. The van der Waals surface area contributed by atoms with Gasteiger partial charge in [0.25, 0.3) is 0 Å². The van der Waals surface area contributed by atoms with Crippen molar-refractivity contribution in [1.82, 2.24) is 4.90 Å². The summed E-state index contributed by atoms with van der Waals surface area (Å²) in [5.74, 6) is 0. The Kier molecular flexibility index (Phi) is 4.01.